The van der Waals surface area contributed by atoms with Crippen molar-refractivity contribution in [3.63, 3.8) is 0 Å². The van der Waals surface area contributed by atoms with Crippen LogP contribution in [0.4, 0.5) is 5.69 Å². The van der Waals surface area contributed by atoms with Crippen molar-refractivity contribution in [3.8, 4) is 11.8 Å². The van der Waals surface area contributed by atoms with E-state index in [4.69, 9.17) is 14.7 Å². The number of esters is 1. The van der Waals surface area contributed by atoms with Crippen LogP contribution in [0.3, 0.4) is 0 Å². The fourth-order valence-corrected chi connectivity index (χ4v) is 1.97. The zero-order valence-electron chi connectivity index (χ0n) is 13.8. The molecule has 25 heavy (non-hydrogen) atoms. The zero-order chi connectivity index (χ0) is 18.1. The first-order chi connectivity index (χ1) is 12.1. The summed E-state index contributed by atoms with van der Waals surface area (Å²) in [6, 6.07) is 15.0. The predicted octanol–water partition coefficient (Wildman–Crippen LogP) is 3.14. The van der Waals surface area contributed by atoms with Crippen LogP contribution in [0, 0.1) is 11.3 Å². The number of carbonyl (C=O) groups excluding carboxylic acids is 2. The highest BCUT2D eigenvalue weighted by Crippen LogP contribution is 2.13. The summed E-state index contributed by atoms with van der Waals surface area (Å²) in [7, 11) is 0. The van der Waals surface area contributed by atoms with Crippen molar-refractivity contribution in [2.75, 3.05) is 18.5 Å². The predicted molar refractivity (Wildman–Crippen MR) is 92.3 cm³/mol. The second-order valence-corrected chi connectivity index (χ2v) is 5.19. The topological polar surface area (TPSA) is 88.4 Å². The van der Waals surface area contributed by atoms with Gasteiger partial charge in [-0.15, -0.1) is 0 Å². The molecule has 0 aliphatic carbocycles. The van der Waals surface area contributed by atoms with Gasteiger partial charge in [0.05, 0.1) is 23.8 Å². The van der Waals surface area contributed by atoms with E-state index in [2.05, 4.69) is 5.32 Å². The minimum Gasteiger partial charge on any atom is -0.484 e. The summed E-state index contributed by atoms with van der Waals surface area (Å²) in [4.78, 5) is 23.6. The van der Waals surface area contributed by atoms with Gasteiger partial charge in [-0.05, 0) is 48.9 Å². The maximum Gasteiger partial charge on any atom is 0.338 e. The number of benzene rings is 2. The molecule has 0 saturated carbocycles. The molecule has 6 nitrogen and oxygen atoms in total. The highest BCUT2D eigenvalue weighted by Gasteiger charge is 2.08. The molecule has 0 fully saturated rings. The minimum atomic E-state index is -0.388. The standard InChI is InChI=1S/C19H18N2O4/c1-2-10-24-19(23)15-6-8-16(9-7-15)21-18(22)13-25-17-5-3-4-14(11-17)12-20/h3-9,11H,2,10,13H2,1H3,(H,21,22). The molecule has 0 aromatic heterocycles. The highest BCUT2D eigenvalue weighted by atomic mass is 16.5. The van der Waals surface area contributed by atoms with E-state index in [1.54, 1.807) is 48.5 Å². The van der Waals surface area contributed by atoms with Crippen LogP contribution < -0.4 is 10.1 Å². The van der Waals surface area contributed by atoms with Gasteiger partial charge in [-0.3, -0.25) is 4.79 Å². The van der Waals surface area contributed by atoms with Gasteiger partial charge in [-0.1, -0.05) is 13.0 Å². The Morgan fingerprint density at radius 2 is 1.92 bits per heavy atom. The molecule has 0 radical (unpaired) electrons. The number of nitrogens with zero attached hydrogens (tertiary/aromatic N) is 1. The second kappa shape index (κ2) is 9.08. The van der Waals surface area contributed by atoms with Gasteiger partial charge >= 0.3 is 5.97 Å². The molecule has 0 heterocycles. The van der Waals surface area contributed by atoms with Gasteiger partial charge in [0.2, 0.25) is 0 Å². The number of ether oxygens (including phenoxy) is 2. The summed E-state index contributed by atoms with van der Waals surface area (Å²) in [5, 5.41) is 11.5. The molecule has 1 amide bonds. The number of carbonyl (C=O) groups is 2. The number of rotatable bonds is 7. The summed E-state index contributed by atoms with van der Waals surface area (Å²) in [5.74, 6) is -0.285. The first-order valence-electron chi connectivity index (χ1n) is 7.82. The SMILES string of the molecule is CCCOC(=O)c1ccc(NC(=O)COc2cccc(C#N)c2)cc1. The molecule has 0 unspecified atom stereocenters. The van der Waals surface area contributed by atoms with Crippen molar-refractivity contribution in [1.29, 1.82) is 5.26 Å². The molecule has 0 aliphatic heterocycles. The molecular weight excluding hydrogens is 320 g/mol. The average molecular weight is 338 g/mol. The van der Waals surface area contributed by atoms with Crippen molar-refractivity contribution in [2.24, 2.45) is 0 Å². The monoisotopic (exact) mass is 338 g/mol. The molecule has 0 aliphatic rings. The van der Waals surface area contributed by atoms with Crippen molar-refractivity contribution in [3.05, 3.63) is 59.7 Å². The Morgan fingerprint density at radius 3 is 2.60 bits per heavy atom. The Bertz CT molecular complexity index is 779. The number of hydrogen-bond acceptors (Lipinski definition) is 5. The summed E-state index contributed by atoms with van der Waals surface area (Å²) >= 11 is 0. The van der Waals surface area contributed by atoms with Gasteiger partial charge < -0.3 is 14.8 Å². The summed E-state index contributed by atoms with van der Waals surface area (Å²) in [6.45, 7) is 2.11. The normalized spacial score (nSPS) is 9.76. The van der Waals surface area contributed by atoms with Crippen LogP contribution in [0.5, 0.6) is 5.75 Å². The molecule has 2 aromatic carbocycles. The largest absolute Gasteiger partial charge is 0.484 e. The molecule has 0 saturated heterocycles. The van der Waals surface area contributed by atoms with Crippen molar-refractivity contribution in [2.45, 2.75) is 13.3 Å². The minimum absolute atomic E-state index is 0.185. The molecule has 0 atom stereocenters. The van der Waals surface area contributed by atoms with Gasteiger partial charge in [0.15, 0.2) is 6.61 Å². The van der Waals surface area contributed by atoms with Crippen molar-refractivity contribution >= 4 is 17.6 Å². The van der Waals surface area contributed by atoms with Crippen LogP contribution in [0.25, 0.3) is 0 Å². The van der Waals surface area contributed by atoms with E-state index < -0.39 is 0 Å². The van der Waals surface area contributed by atoms with Gasteiger partial charge in [0, 0.05) is 5.69 Å². The lowest BCUT2D eigenvalue weighted by Crippen LogP contribution is -2.20. The number of anilines is 1. The third kappa shape index (κ3) is 5.66. The lowest BCUT2D eigenvalue weighted by molar-refractivity contribution is -0.118. The first kappa shape index (κ1) is 18.0. The molecule has 1 N–H and O–H groups in total. The zero-order valence-corrected chi connectivity index (χ0v) is 13.8. The quantitative estimate of drug-likeness (QED) is 0.784. The number of nitrogens with one attached hydrogen (secondary N) is 1. The van der Waals surface area contributed by atoms with E-state index in [1.807, 2.05) is 13.0 Å². The fourth-order valence-electron chi connectivity index (χ4n) is 1.97. The molecule has 6 heteroatoms. The summed E-state index contributed by atoms with van der Waals surface area (Å²) in [6.07, 6.45) is 0.761. The Balaban J connectivity index is 1.86. The van der Waals surface area contributed by atoms with Gasteiger partial charge in [-0.2, -0.15) is 5.26 Å². The molecule has 2 aromatic rings. The summed E-state index contributed by atoms with van der Waals surface area (Å²) in [5.41, 5.74) is 1.44. The van der Waals surface area contributed by atoms with Crippen LogP contribution >= 0.6 is 0 Å². The van der Waals surface area contributed by atoms with Crippen molar-refractivity contribution < 1.29 is 19.1 Å². The van der Waals surface area contributed by atoms with Crippen molar-refractivity contribution in [1.82, 2.24) is 0 Å². The van der Waals surface area contributed by atoms with Gasteiger partial charge in [0.1, 0.15) is 5.75 Å². The lowest BCUT2D eigenvalue weighted by atomic mass is 10.2. The Kier molecular flexibility index (Phi) is 6.55. The first-order valence-corrected chi connectivity index (χ1v) is 7.82. The van der Waals surface area contributed by atoms with Gasteiger partial charge in [0.25, 0.3) is 5.91 Å². The van der Waals surface area contributed by atoms with E-state index >= 15 is 0 Å². The second-order valence-electron chi connectivity index (χ2n) is 5.19. The Labute approximate surface area is 146 Å². The molecule has 0 spiro atoms. The van der Waals surface area contributed by atoms with Crippen LogP contribution in [-0.4, -0.2) is 25.1 Å². The lowest BCUT2D eigenvalue weighted by Gasteiger charge is -2.08. The van der Waals surface area contributed by atoms with Gasteiger partial charge in [-0.25, -0.2) is 4.79 Å². The van der Waals surface area contributed by atoms with E-state index in [-0.39, 0.29) is 18.5 Å². The third-order valence-electron chi connectivity index (χ3n) is 3.17. The molecule has 2 rings (SSSR count). The van der Waals surface area contributed by atoms with E-state index in [0.29, 0.717) is 29.2 Å². The number of amides is 1. The third-order valence-corrected chi connectivity index (χ3v) is 3.17. The number of nitriles is 1. The smallest absolute Gasteiger partial charge is 0.338 e. The van der Waals surface area contributed by atoms with Crippen LogP contribution in [0.2, 0.25) is 0 Å². The average Bonchev–Trinajstić information content (AvgIpc) is 2.65. The van der Waals surface area contributed by atoms with Crippen LogP contribution in [0.1, 0.15) is 29.3 Å². The summed E-state index contributed by atoms with van der Waals surface area (Å²) < 4.78 is 10.4. The molecule has 0 bridgehead atoms. The van der Waals surface area contributed by atoms with Crippen LogP contribution in [0.15, 0.2) is 48.5 Å². The Hall–Kier alpha value is -3.33. The Morgan fingerprint density at radius 1 is 1.16 bits per heavy atom. The maximum atomic E-state index is 11.9. The molecule has 128 valence electrons. The van der Waals surface area contributed by atoms with E-state index in [0.717, 1.165) is 6.42 Å². The molecular formula is C19H18N2O4. The van der Waals surface area contributed by atoms with Crippen LogP contribution in [-0.2, 0) is 9.53 Å². The van der Waals surface area contributed by atoms with E-state index in [1.165, 1.54) is 0 Å². The van der Waals surface area contributed by atoms with E-state index in [9.17, 15) is 9.59 Å². The maximum absolute atomic E-state index is 11.9. The number of hydrogen-bond donors (Lipinski definition) is 1. The highest BCUT2D eigenvalue weighted by molar-refractivity contribution is 5.93. The fraction of sp³-hybridized carbons (Fsp3) is 0.211.